The molecule has 1 unspecified atom stereocenters. The largest absolute Gasteiger partial charge is 0.356 e. The van der Waals surface area contributed by atoms with Gasteiger partial charge in [-0.1, -0.05) is 52.0 Å². The second kappa shape index (κ2) is 12.7. The van der Waals surface area contributed by atoms with Crippen LogP contribution < -0.4 is 10.6 Å². The van der Waals surface area contributed by atoms with Crippen LogP contribution in [-0.2, 0) is 25.4 Å². The smallest absolute Gasteiger partial charge is 0.191 e. The molecule has 3 rings (SSSR count). The number of likely N-dealkylation sites (tertiary alicyclic amines) is 1. The maximum atomic E-state index is 4.81. The number of benzene rings is 1. The van der Waals surface area contributed by atoms with Gasteiger partial charge in [-0.15, -0.1) is 34.2 Å². The fraction of sp³-hybridized carbons (Fsp3) is 0.640. The average Bonchev–Trinajstić information content (AvgIpc) is 3.35. The van der Waals surface area contributed by atoms with Gasteiger partial charge in [-0.05, 0) is 55.8 Å². The monoisotopic (exact) mass is 567 g/mol. The lowest BCUT2D eigenvalue weighted by Gasteiger charge is -2.24. The highest BCUT2D eigenvalue weighted by atomic mass is 127. The molecule has 7 nitrogen and oxygen atoms in total. The zero-order chi connectivity index (χ0) is 23.1. The third-order valence-electron chi connectivity index (χ3n) is 6.50. The highest BCUT2D eigenvalue weighted by Crippen LogP contribution is 2.22. The third-order valence-corrected chi connectivity index (χ3v) is 6.50. The molecule has 0 bridgehead atoms. The van der Waals surface area contributed by atoms with Crippen LogP contribution in [0.15, 0.2) is 29.3 Å². The highest BCUT2D eigenvalue weighted by Gasteiger charge is 2.22. The highest BCUT2D eigenvalue weighted by molar-refractivity contribution is 14.0. The van der Waals surface area contributed by atoms with Gasteiger partial charge >= 0.3 is 0 Å². The van der Waals surface area contributed by atoms with E-state index < -0.39 is 0 Å². The predicted molar refractivity (Wildman–Crippen MR) is 147 cm³/mol. The first-order valence-corrected chi connectivity index (χ1v) is 12.0. The molecule has 0 aliphatic carbocycles. The summed E-state index contributed by atoms with van der Waals surface area (Å²) in [6, 6.07) is 9.56. The Morgan fingerprint density at radius 1 is 1.15 bits per heavy atom. The summed E-state index contributed by atoms with van der Waals surface area (Å²) in [6.07, 6.45) is 3.48. The van der Waals surface area contributed by atoms with Crippen LogP contribution in [0.2, 0.25) is 0 Å². The summed E-state index contributed by atoms with van der Waals surface area (Å²) >= 11 is 0. The number of aliphatic imine (C=N–C) groups is 1. The number of hydrogen-bond acceptors (Lipinski definition) is 4. The lowest BCUT2D eigenvalue weighted by molar-refractivity contribution is 0.267. The van der Waals surface area contributed by atoms with E-state index in [0.29, 0.717) is 12.6 Å². The molecular formula is C25H42IN7. The molecule has 1 aliphatic rings. The second-order valence-corrected chi connectivity index (χ2v) is 9.82. The number of aryl methyl sites for hydroxylation is 1. The molecule has 1 aliphatic heterocycles. The number of aromatic nitrogens is 3. The molecule has 33 heavy (non-hydrogen) atoms. The summed E-state index contributed by atoms with van der Waals surface area (Å²) in [4.78, 5) is 7.36. The molecule has 2 heterocycles. The molecule has 184 valence electrons. The van der Waals surface area contributed by atoms with Crippen molar-refractivity contribution in [1.82, 2.24) is 30.3 Å². The molecule has 1 fully saturated rings. The zero-order valence-electron chi connectivity index (χ0n) is 21.2. The van der Waals surface area contributed by atoms with Gasteiger partial charge in [0.1, 0.15) is 12.4 Å². The first kappa shape index (κ1) is 27.6. The minimum atomic E-state index is 0. The van der Waals surface area contributed by atoms with Crippen molar-refractivity contribution in [3.05, 3.63) is 47.0 Å². The maximum Gasteiger partial charge on any atom is 0.191 e. The maximum absolute atomic E-state index is 4.81. The quantitative estimate of drug-likeness (QED) is 0.289. The average molecular weight is 568 g/mol. The Morgan fingerprint density at radius 2 is 1.88 bits per heavy atom. The second-order valence-electron chi connectivity index (χ2n) is 9.82. The van der Waals surface area contributed by atoms with E-state index in [0.717, 1.165) is 43.7 Å². The Labute approximate surface area is 216 Å². The Bertz CT molecular complexity index is 883. The number of likely N-dealkylation sites (N-methyl/N-ethyl adjacent to an activating group) is 1. The van der Waals surface area contributed by atoms with Crippen LogP contribution in [0.1, 0.15) is 63.3 Å². The van der Waals surface area contributed by atoms with Crippen molar-refractivity contribution < 1.29 is 0 Å². The Morgan fingerprint density at radius 3 is 2.48 bits per heavy atom. The van der Waals surface area contributed by atoms with Crippen LogP contribution in [0.5, 0.6) is 0 Å². The fourth-order valence-electron chi connectivity index (χ4n) is 4.17. The standard InChI is InChI=1S/C25H41N7.HI/c1-7-32-16-8-9-22(32)17-27-24(28-18-23-30-29-19(2)31(23)6)26-15-14-20-10-12-21(13-11-20)25(3,4)5;/h10-13,22H,7-9,14-18H2,1-6H3,(H2,26,27,28);1H. The van der Waals surface area contributed by atoms with E-state index in [4.69, 9.17) is 4.99 Å². The van der Waals surface area contributed by atoms with Gasteiger partial charge < -0.3 is 15.2 Å². The third kappa shape index (κ3) is 7.95. The van der Waals surface area contributed by atoms with Gasteiger partial charge in [-0.3, -0.25) is 4.90 Å². The molecular weight excluding hydrogens is 525 g/mol. The van der Waals surface area contributed by atoms with Crippen LogP contribution in [-0.4, -0.2) is 57.8 Å². The number of nitrogens with zero attached hydrogens (tertiary/aromatic N) is 5. The summed E-state index contributed by atoms with van der Waals surface area (Å²) in [6.45, 7) is 15.5. The van der Waals surface area contributed by atoms with E-state index in [1.807, 2.05) is 18.5 Å². The number of hydrogen-bond donors (Lipinski definition) is 2. The number of halogens is 1. The normalized spacial score (nSPS) is 17.2. The summed E-state index contributed by atoms with van der Waals surface area (Å²) in [5, 5.41) is 15.5. The van der Waals surface area contributed by atoms with Crippen molar-refractivity contribution in [3.8, 4) is 0 Å². The van der Waals surface area contributed by atoms with Gasteiger partial charge in [0.2, 0.25) is 0 Å². The lowest BCUT2D eigenvalue weighted by Crippen LogP contribution is -2.45. The number of nitrogens with one attached hydrogen (secondary N) is 2. The fourth-order valence-corrected chi connectivity index (χ4v) is 4.17. The van der Waals surface area contributed by atoms with Crippen LogP contribution in [0, 0.1) is 6.92 Å². The molecule has 1 saturated heterocycles. The minimum Gasteiger partial charge on any atom is -0.356 e. The van der Waals surface area contributed by atoms with E-state index >= 15 is 0 Å². The molecule has 0 saturated carbocycles. The Balaban J connectivity index is 0.00000385. The molecule has 1 aromatic carbocycles. The first-order chi connectivity index (χ1) is 15.3. The summed E-state index contributed by atoms with van der Waals surface area (Å²) < 4.78 is 1.99. The summed E-state index contributed by atoms with van der Waals surface area (Å²) in [7, 11) is 1.99. The number of rotatable bonds is 8. The SMILES string of the molecule is CCN1CCCC1CNC(=NCc1nnc(C)n1C)NCCc1ccc(C(C)(C)C)cc1.I. The van der Waals surface area contributed by atoms with Crippen molar-refractivity contribution in [2.75, 3.05) is 26.2 Å². The Kier molecular flexibility index (Phi) is 10.6. The molecule has 2 N–H and O–H groups in total. The molecule has 1 atom stereocenters. The molecule has 0 amide bonds. The van der Waals surface area contributed by atoms with Crippen molar-refractivity contribution in [1.29, 1.82) is 0 Å². The molecule has 0 spiro atoms. The molecule has 2 aromatic rings. The van der Waals surface area contributed by atoms with Crippen molar-refractivity contribution in [3.63, 3.8) is 0 Å². The van der Waals surface area contributed by atoms with Gasteiger partial charge in [0.05, 0.1) is 0 Å². The van der Waals surface area contributed by atoms with Gasteiger partial charge in [-0.2, -0.15) is 0 Å². The van der Waals surface area contributed by atoms with Gasteiger partial charge in [0, 0.05) is 26.2 Å². The van der Waals surface area contributed by atoms with Crippen LogP contribution in [0.4, 0.5) is 0 Å². The van der Waals surface area contributed by atoms with Crippen molar-refractivity contribution in [2.45, 2.75) is 71.9 Å². The lowest BCUT2D eigenvalue weighted by atomic mass is 9.86. The van der Waals surface area contributed by atoms with E-state index in [-0.39, 0.29) is 29.4 Å². The Hall–Kier alpha value is -1.68. The summed E-state index contributed by atoms with van der Waals surface area (Å²) in [5.41, 5.74) is 2.89. The predicted octanol–water partition coefficient (Wildman–Crippen LogP) is 3.80. The zero-order valence-corrected chi connectivity index (χ0v) is 23.5. The number of guanidine groups is 1. The van der Waals surface area contributed by atoms with E-state index in [9.17, 15) is 0 Å². The molecule has 1 aromatic heterocycles. The molecule has 0 radical (unpaired) electrons. The minimum absolute atomic E-state index is 0. The van der Waals surface area contributed by atoms with Crippen molar-refractivity contribution in [2.24, 2.45) is 12.0 Å². The van der Waals surface area contributed by atoms with E-state index in [1.54, 1.807) is 0 Å². The van der Waals surface area contributed by atoms with Crippen LogP contribution in [0.25, 0.3) is 0 Å². The van der Waals surface area contributed by atoms with Gasteiger partial charge in [-0.25, -0.2) is 4.99 Å². The van der Waals surface area contributed by atoms with E-state index in [1.165, 1.54) is 30.5 Å². The van der Waals surface area contributed by atoms with Crippen LogP contribution >= 0.6 is 24.0 Å². The van der Waals surface area contributed by atoms with Crippen LogP contribution in [0.3, 0.4) is 0 Å². The van der Waals surface area contributed by atoms with Crippen molar-refractivity contribution >= 4 is 29.9 Å². The topological polar surface area (TPSA) is 70.4 Å². The van der Waals surface area contributed by atoms with E-state index in [2.05, 4.69) is 77.7 Å². The molecule has 8 heteroatoms. The van der Waals surface area contributed by atoms with Gasteiger partial charge in [0.15, 0.2) is 11.8 Å². The van der Waals surface area contributed by atoms with Gasteiger partial charge in [0.25, 0.3) is 0 Å². The first-order valence-electron chi connectivity index (χ1n) is 12.0. The summed E-state index contributed by atoms with van der Waals surface area (Å²) in [5.74, 6) is 2.62.